The van der Waals surface area contributed by atoms with E-state index in [1.807, 2.05) is 24.3 Å². The van der Waals surface area contributed by atoms with Crippen LogP contribution in [0.25, 0.3) is 11.1 Å². The van der Waals surface area contributed by atoms with E-state index < -0.39 is 17.5 Å². The fourth-order valence-electron chi connectivity index (χ4n) is 3.57. The number of rotatable bonds is 9. The summed E-state index contributed by atoms with van der Waals surface area (Å²) in [5.74, 6) is -1.63. The van der Waals surface area contributed by atoms with Crippen molar-refractivity contribution in [3.63, 3.8) is 0 Å². The highest BCUT2D eigenvalue weighted by molar-refractivity contribution is 5.64. The molecule has 4 heteroatoms. The summed E-state index contributed by atoms with van der Waals surface area (Å²) < 4.78 is 47.6. The number of methoxy groups -OCH3 is 1. The quantitative estimate of drug-likeness (QED) is 0.335. The fourth-order valence-corrected chi connectivity index (χ4v) is 3.57. The first kappa shape index (κ1) is 21.9. The van der Waals surface area contributed by atoms with Crippen molar-refractivity contribution in [1.29, 1.82) is 0 Å². The first-order chi connectivity index (χ1) is 14.5. The Bertz CT molecular complexity index is 980. The predicted octanol–water partition coefficient (Wildman–Crippen LogP) is 7.30. The number of hydrogen-bond acceptors (Lipinski definition) is 1. The van der Waals surface area contributed by atoms with Crippen LogP contribution in [0.5, 0.6) is 5.75 Å². The molecule has 3 aromatic carbocycles. The van der Waals surface area contributed by atoms with Crippen molar-refractivity contribution in [2.24, 2.45) is 0 Å². The van der Waals surface area contributed by atoms with Gasteiger partial charge in [0.2, 0.25) is 0 Å². The van der Waals surface area contributed by atoms with Gasteiger partial charge in [0, 0.05) is 0 Å². The molecule has 158 valence electrons. The molecule has 0 radical (unpaired) electrons. The van der Waals surface area contributed by atoms with Gasteiger partial charge in [0.15, 0.2) is 23.2 Å². The van der Waals surface area contributed by atoms with E-state index in [0.717, 1.165) is 36.0 Å². The summed E-state index contributed by atoms with van der Waals surface area (Å²) in [5.41, 5.74) is 3.51. The molecule has 0 amide bonds. The third-order valence-corrected chi connectivity index (χ3v) is 5.41. The van der Waals surface area contributed by atoms with E-state index in [-0.39, 0.29) is 5.75 Å². The molecule has 0 heterocycles. The van der Waals surface area contributed by atoms with Crippen molar-refractivity contribution in [3.05, 3.63) is 88.7 Å². The molecule has 0 aliphatic heterocycles. The second-order valence-electron chi connectivity index (χ2n) is 7.52. The van der Waals surface area contributed by atoms with E-state index in [4.69, 9.17) is 4.74 Å². The number of halogens is 3. The maximum Gasteiger partial charge on any atom is 0.165 e. The molecule has 0 saturated carbocycles. The second-order valence-corrected chi connectivity index (χ2v) is 7.52. The summed E-state index contributed by atoms with van der Waals surface area (Å²) in [4.78, 5) is 0. The van der Waals surface area contributed by atoms with Crippen LogP contribution in [0.4, 0.5) is 13.2 Å². The highest BCUT2D eigenvalue weighted by atomic mass is 19.2. The monoisotopic (exact) mass is 412 g/mol. The molecular weight excluding hydrogens is 385 g/mol. The minimum absolute atomic E-state index is 0.209. The Kier molecular flexibility index (Phi) is 7.56. The Hall–Kier alpha value is -2.75. The number of aryl methyl sites for hydroxylation is 3. The van der Waals surface area contributed by atoms with Crippen molar-refractivity contribution in [2.75, 3.05) is 7.11 Å². The highest BCUT2D eigenvalue weighted by Crippen LogP contribution is 2.26. The molecule has 3 aromatic rings. The van der Waals surface area contributed by atoms with Gasteiger partial charge >= 0.3 is 0 Å². The smallest absolute Gasteiger partial charge is 0.165 e. The number of ether oxygens (including phenoxy) is 1. The van der Waals surface area contributed by atoms with Gasteiger partial charge in [-0.15, -0.1) is 0 Å². The summed E-state index contributed by atoms with van der Waals surface area (Å²) in [6.07, 6.45) is 4.54. The zero-order valence-corrected chi connectivity index (χ0v) is 17.5. The number of benzene rings is 3. The van der Waals surface area contributed by atoms with Gasteiger partial charge in [-0.25, -0.2) is 13.2 Å². The molecular formula is C26H27F3O. The standard InChI is InChI=1S/C26H27F3O/c1-3-4-5-6-20-13-14-21(26(29)25(20)28)12-9-18-7-10-19(11-8-18)22-15-16-24(30-2)23(27)17-22/h7-8,10-11,13-17H,3-6,9,12H2,1-2H3. The molecule has 0 aliphatic rings. The van der Waals surface area contributed by atoms with Crippen LogP contribution in [0.3, 0.4) is 0 Å². The van der Waals surface area contributed by atoms with E-state index in [2.05, 4.69) is 6.92 Å². The fraction of sp³-hybridized carbons (Fsp3) is 0.308. The lowest BCUT2D eigenvalue weighted by Gasteiger charge is -2.10. The molecule has 30 heavy (non-hydrogen) atoms. The van der Waals surface area contributed by atoms with Crippen molar-refractivity contribution >= 4 is 0 Å². The normalized spacial score (nSPS) is 11.0. The van der Waals surface area contributed by atoms with Crippen LogP contribution in [0, 0.1) is 17.5 Å². The van der Waals surface area contributed by atoms with Crippen LogP contribution in [0.15, 0.2) is 54.6 Å². The van der Waals surface area contributed by atoms with Crippen molar-refractivity contribution in [1.82, 2.24) is 0 Å². The van der Waals surface area contributed by atoms with Gasteiger partial charge in [-0.1, -0.05) is 62.2 Å². The van der Waals surface area contributed by atoms with Crippen molar-refractivity contribution in [3.8, 4) is 16.9 Å². The Morgan fingerprint density at radius 3 is 1.93 bits per heavy atom. The lowest BCUT2D eigenvalue weighted by Crippen LogP contribution is -2.02. The van der Waals surface area contributed by atoms with Gasteiger partial charge in [-0.3, -0.25) is 0 Å². The van der Waals surface area contributed by atoms with Gasteiger partial charge in [-0.2, -0.15) is 0 Å². The first-order valence-corrected chi connectivity index (χ1v) is 10.4. The lowest BCUT2D eigenvalue weighted by atomic mass is 9.98. The van der Waals surface area contributed by atoms with Crippen LogP contribution in [0.1, 0.15) is 42.9 Å². The molecule has 0 atom stereocenters. The lowest BCUT2D eigenvalue weighted by molar-refractivity contribution is 0.386. The van der Waals surface area contributed by atoms with Crippen molar-refractivity contribution in [2.45, 2.75) is 45.4 Å². The summed E-state index contributed by atoms with van der Waals surface area (Å²) in [6, 6.07) is 15.9. The molecule has 0 fully saturated rings. The molecule has 0 bridgehead atoms. The Balaban J connectivity index is 1.65. The van der Waals surface area contributed by atoms with Gasteiger partial charge in [0.1, 0.15) is 0 Å². The molecule has 1 nitrogen and oxygen atoms in total. The second kappa shape index (κ2) is 10.3. The minimum atomic E-state index is -0.727. The van der Waals surface area contributed by atoms with E-state index in [1.165, 1.54) is 13.2 Å². The Labute approximate surface area is 176 Å². The molecule has 0 spiro atoms. The number of hydrogen-bond donors (Lipinski definition) is 0. The summed E-state index contributed by atoms with van der Waals surface area (Å²) in [5, 5.41) is 0. The van der Waals surface area contributed by atoms with E-state index >= 15 is 0 Å². The molecule has 0 aliphatic carbocycles. The molecule has 0 unspecified atom stereocenters. The SMILES string of the molecule is CCCCCc1ccc(CCc2ccc(-c3ccc(OC)c(F)c3)cc2)c(F)c1F. The van der Waals surface area contributed by atoms with Crippen LogP contribution >= 0.6 is 0 Å². The van der Waals surface area contributed by atoms with E-state index in [0.29, 0.717) is 30.4 Å². The van der Waals surface area contributed by atoms with Crippen LogP contribution in [-0.4, -0.2) is 7.11 Å². The summed E-state index contributed by atoms with van der Waals surface area (Å²) in [6.45, 7) is 2.09. The third-order valence-electron chi connectivity index (χ3n) is 5.41. The maximum atomic E-state index is 14.4. The van der Waals surface area contributed by atoms with Gasteiger partial charge in [-0.05, 0) is 65.6 Å². The zero-order chi connectivity index (χ0) is 21.5. The average molecular weight is 412 g/mol. The summed E-state index contributed by atoms with van der Waals surface area (Å²) >= 11 is 0. The molecule has 0 aromatic heterocycles. The van der Waals surface area contributed by atoms with Crippen molar-refractivity contribution < 1.29 is 17.9 Å². The Morgan fingerprint density at radius 1 is 0.700 bits per heavy atom. The topological polar surface area (TPSA) is 9.23 Å². The minimum Gasteiger partial charge on any atom is -0.494 e. The molecule has 0 saturated heterocycles. The molecule has 0 N–H and O–H groups in total. The predicted molar refractivity (Wildman–Crippen MR) is 115 cm³/mol. The zero-order valence-electron chi connectivity index (χ0n) is 17.5. The number of unbranched alkanes of at least 4 members (excludes halogenated alkanes) is 2. The molecule has 3 rings (SSSR count). The van der Waals surface area contributed by atoms with Gasteiger partial charge in [0.05, 0.1) is 7.11 Å². The highest BCUT2D eigenvalue weighted by Gasteiger charge is 2.13. The maximum absolute atomic E-state index is 14.4. The van der Waals surface area contributed by atoms with E-state index in [9.17, 15) is 13.2 Å². The van der Waals surface area contributed by atoms with Crippen LogP contribution in [0.2, 0.25) is 0 Å². The third kappa shape index (κ3) is 5.24. The van der Waals surface area contributed by atoms with Gasteiger partial charge in [0.25, 0.3) is 0 Å². The first-order valence-electron chi connectivity index (χ1n) is 10.4. The average Bonchev–Trinajstić information content (AvgIpc) is 2.76. The largest absolute Gasteiger partial charge is 0.494 e. The van der Waals surface area contributed by atoms with Gasteiger partial charge < -0.3 is 4.74 Å². The summed E-state index contributed by atoms with van der Waals surface area (Å²) in [7, 11) is 1.43. The Morgan fingerprint density at radius 2 is 1.33 bits per heavy atom. The van der Waals surface area contributed by atoms with E-state index in [1.54, 1.807) is 24.3 Å². The van der Waals surface area contributed by atoms with Crippen LogP contribution in [-0.2, 0) is 19.3 Å². The van der Waals surface area contributed by atoms with Crippen LogP contribution < -0.4 is 4.74 Å².